The number of ether oxygens (including phenoxy) is 1. The summed E-state index contributed by atoms with van der Waals surface area (Å²) in [7, 11) is 0. The number of benzene rings is 1. The summed E-state index contributed by atoms with van der Waals surface area (Å²) in [4.78, 5) is 2.44. The van der Waals surface area contributed by atoms with Gasteiger partial charge in [-0.25, -0.2) is 0 Å². The fraction of sp³-hybridized carbons (Fsp3) is 0.467. The van der Waals surface area contributed by atoms with Crippen LogP contribution < -0.4 is 10.1 Å². The molecule has 0 bridgehead atoms. The largest absolute Gasteiger partial charge is 0.494 e. The fourth-order valence-corrected chi connectivity index (χ4v) is 2.85. The van der Waals surface area contributed by atoms with Gasteiger partial charge in [-0.3, -0.25) is 4.90 Å². The highest BCUT2D eigenvalue weighted by Gasteiger charge is 2.22. The van der Waals surface area contributed by atoms with E-state index in [0.717, 1.165) is 36.4 Å². The van der Waals surface area contributed by atoms with Gasteiger partial charge >= 0.3 is 0 Å². The first kappa shape index (κ1) is 20.7. The normalized spacial score (nSPS) is 16.3. The molecule has 0 radical (unpaired) electrons. The van der Waals surface area contributed by atoms with E-state index in [1.54, 1.807) is 0 Å². The Labute approximate surface area is 148 Å². The van der Waals surface area contributed by atoms with E-state index in [1.165, 1.54) is 5.56 Å². The van der Waals surface area contributed by atoms with Crippen LogP contribution in [0.3, 0.4) is 0 Å². The molecule has 2 rings (SSSR count). The minimum atomic E-state index is 0. The molecule has 120 valence electrons. The van der Waals surface area contributed by atoms with Crippen LogP contribution in [0.15, 0.2) is 35.3 Å². The minimum absolute atomic E-state index is 0. The summed E-state index contributed by atoms with van der Waals surface area (Å²) in [6, 6.07) is 6.40. The predicted octanol–water partition coefficient (Wildman–Crippen LogP) is 3.82. The van der Waals surface area contributed by atoms with Gasteiger partial charge in [-0.05, 0) is 25.1 Å². The summed E-state index contributed by atoms with van der Waals surface area (Å²) in [5.74, 6) is 0.953. The first-order valence-corrected chi connectivity index (χ1v) is 7.55. The van der Waals surface area contributed by atoms with Gasteiger partial charge in [0.15, 0.2) is 0 Å². The Morgan fingerprint density at radius 2 is 2.05 bits per heavy atom. The number of halogens is 3. The first-order valence-electron chi connectivity index (χ1n) is 6.75. The maximum absolute atomic E-state index is 5.75. The van der Waals surface area contributed by atoms with E-state index in [-0.39, 0.29) is 30.9 Å². The lowest BCUT2D eigenvalue weighted by Crippen LogP contribution is -2.44. The summed E-state index contributed by atoms with van der Waals surface area (Å²) < 4.78 is 6.83. The Kier molecular flexibility index (Phi) is 10.3. The molecule has 0 saturated carbocycles. The van der Waals surface area contributed by atoms with Gasteiger partial charge in [0.25, 0.3) is 0 Å². The summed E-state index contributed by atoms with van der Waals surface area (Å²) in [5, 5.41) is 3.38. The van der Waals surface area contributed by atoms with Crippen molar-refractivity contribution in [2.45, 2.75) is 13.0 Å². The number of nitrogens with one attached hydrogen (secondary N) is 1. The molecule has 0 amide bonds. The Bertz CT molecular complexity index is 440. The maximum atomic E-state index is 5.75. The number of hydrogen-bond donors (Lipinski definition) is 1. The highest BCUT2D eigenvalue weighted by atomic mass is 79.9. The van der Waals surface area contributed by atoms with E-state index in [9.17, 15) is 0 Å². The summed E-state index contributed by atoms with van der Waals surface area (Å²) in [6.07, 6.45) is 2.01. The van der Waals surface area contributed by atoms with Gasteiger partial charge in [0, 0.05) is 36.2 Å². The second-order valence-electron chi connectivity index (χ2n) is 4.58. The molecule has 1 atom stereocenters. The molecule has 1 aliphatic heterocycles. The molecule has 0 spiro atoms. The molecule has 0 unspecified atom stereocenters. The predicted molar refractivity (Wildman–Crippen MR) is 97.2 cm³/mol. The number of piperazine rings is 1. The van der Waals surface area contributed by atoms with Crippen LogP contribution in [0.1, 0.15) is 18.5 Å². The number of rotatable bonds is 5. The standard InChI is InChI=1S/C15H21BrN2O.2ClH/c1-3-14(18-9-7-17-8-10-18)13-11-12(16)5-6-15(13)19-4-2;;/h3,5-6,11,14,17H,1,4,7-10H2,2H3;2*1H/t14-;;/m1../s1. The van der Waals surface area contributed by atoms with E-state index in [4.69, 9.17) is 4.74 Å². The summed E-state index contributed by atoms with van der Waals surface area (Å²) in [6.45, 7) is 10.8. The first-order chi connectivity index (χ1) is 9.26. The van der Waals surface area contributed by atoms with E-state index in [2.05, 4.69) is 38.8 Å². The van der Waals surface area contributed by atoms with Crippen molar-refractivity contribution in [3.63, 3.8) is 0 Å². The Balaban J connectivity index is 0.00000200. The lowest BCUT2D eigenvalue weighted by Gasteiger charge is -2.34. The van der Waals surface area contributed by atoms with E-state index in [1.807, 2.05) is 25.1 Å². The summed E-state index contributed by atoms with van der Waals surface area (Å²) in [5.41, 5.74) is 1.19. The van der Waals surface area contributed by atoms with Crippen LogP contribution in [0, 0.1) is 0 Å². The van der Waals surface area contributed by atoms with Gasteiger partial charge in [0.05, 0.1) is 12.6 Å². The molecule has 0 aliphatic carbocycles. The zero-order chi connectivity index (χ0) is 13.7. The van der Waals surface area contributed by atoms with Crippen molar-refractivity contribution in [1.82, 2.24) is 10.2 Å². The molecule has 21 heavy (non-hydrogen) atoms. The van der Waals surface area contributed by atoms with Crippen molar-refractivity contribution in [2.24, 2.45) is 0 Å². The zero-order valence-electron chi connectivity index (χ0n) is 12.2. The Hall–Kier alpha value is -0.260. The third-order valence-electron chi connectivity index (χ3n) is 3.36. The minimum Gasteiger partial charge on any atom is -0.494 e. The zero-order valence-corrected chi connectivity index (χ0v) is 15.4. The quantitative estimate of drug-likeness (QED) is 0.764. The monoisotopic (exact) mass is 396 g/mol. The smallest absolute Gasteiger partial charge is 0.124 e. The molecule has 1 heterocycles. The topological polar surface area (TPSA) is 24.5 Å². The van der Waals surface area contributed by atoms with Crippen LogP contribution in [0.5, 0.6) is 5.75 Å². The van der Waals surface area contributed by atoms with Crippen molar-refractivity contribution in [3.05, 3.63) is 40.9 Å². The van der Waals surface area contributed by atoms with Crippen LogP contribution in [0.2, 0.25) is 0 Å². The molecular formula is C15H23BrCl2N2O. The van der Waals surface area contributed by atoms with Gasteiger partial charge in [-0.1, -0.05) is 22.0 Å². The fourth-order valence-electron chi connectivity index (χ4n) is 2.47. The average Bonchev–Trinajstić information content (AvgIpc) is 2.44. The summed E-state index contributed by atoms with van der Waals surface area (Å²) >= 11 is 3.55. The average molecular weight is 398 g/mol. The molecule has 6 heteroatoms. The Morgan fingerprint density at radius 1 is 1.38 bits per heavy atom. The van der Waals surface area contributed by atoms with Gasteiger partial charge < -0.3 is 10.1 Å². The lowest BCUT2D eigenvalue weighted by molar-refractivity contribution is 0.199. The van der Waals surface area contributed by atoms with Crippen LogP contribution in [-0.2, 0) is 0 Å². The molecule has 1 saturated heterocycles. The van der Waals surface area contributed by atoms with Gasteiger partial charge in [-0.2, -0.15) is 0 Å². The van der Waals surface area contributed by atoms with Gasteiger partial charge in [0.1, 0.15) is 5.75 Å². The van der Waals surface area contributed by atoms with E-state index in [0.29, 0.717) is 6.61 Å². The molecule has 1 N–H and O–H groups in total. The second kappa shape index (κ2) is 10.5. The highest BCUT2D eigenvalue weighted by molar-refractivity contribution is 9.10. The van der Waals surface area contributed by atoms with Crippen molar-refractivity contribution in [3.8, 4) is 5.75 Å². The van der Waals surface area contributed by atoms with Crippen LogP contribution in [-0.4, -0.2) is 37.7 Å². The van der Waals surface area contributed by atoms with Crippen LogP contribution in [0.4, 0.5) is 0 Å². The maximum Gasteiger partial charge on any atom is 0.124 e. The Morgan fingerprint density at radius 3 is 2.62 bits per heavy atom. The van der Waals surface area contributed by atoms with Gasteiger partial charge in [0.2, 0.25) is 0 Å². The third-order valence-corrected chi connectivity index (χ3v) is 3.85. The molecule has 1 aliphatic rings. The SMILES string of the molecule is C=C[C@H](c1cc(Br)ccc1OCC)N1CCNCC1.Cl.Cl. The van der Waals surface area contributed by atoms with Crippen molar-refractivity contribution < 1.29 is 4.74 Å². The highest BCUT2D eigenvalue weighted by Crippen LogP contribution is 2.33. The van der Waals surface area contributed by atoms with Crippen molar-refractivity contribution >= 4 is 40.7 Å². The lowest BCUT2D eigenvalue weighted by atomic mass is 10.0. The molecule has 1 aromatic carbocycles. The number of hydrogen-bond acceptors (Lipinski definition) is 3. The van der Waals surface area contributed by atoms with Crippen molar-refractivity contribution in [2.75, 3.05) is 32.8 Å². The molecule has 0 aromatic heterocycles. The van der Waals surface area contributed by atoms with Gasteiger partial charge in [-0.15, -0.1) is 31.4 Å². The third kappa shape index (κ3) is 5.46. The second-order valence-corrected chi connectivity index (χ2v) is 5.50. The molecule has 1 fully saturated rings. The molecule has 1 aromatic rings. The van der Waals surface area contributed by atoms with Crippen molar-refractivity contribution in [1.29, 1.82) is 0 Å². The van der Waals surface area contributed by atoms with E-state index < -0.39 is 0 Å². The van der Waals surface area contributed by atoms with E-state index >= 15 is 0 Å². The molecule has 3 nitrogen and oxygen atoms in total. The van der Waals surface area contributed by atoms with Crippen LogP contribution >= 0.6 is 40.7 Å². The molecular weight excluding hydrogens is 375 g/mol. The van der Waals surface area contributed by atoms with Crippen LogP contribution in [0.25, 0.3) is 0 Å². The number of nitrogens with zero attached hydrogens (tertiary/aromatic N) is 1.